The Hall–Kier alpha value is -1.06. The van der Waals surface area contributed by atoms with Gasteiger partial charge in [-0.3, -0.25) is 0 Å². The van der Waals surface area contributed by atoms with Gasteiger partial charge in [0.2, 0.25) is 0 Å². The van der Waals surface area contributed by atoms with E-state index in [2.05, 4.69) is 55.7 Å². The van der Waals surface area contributed by atoms with E-state index >= 15 is 0 Å². The van der Waals surface area contributed by atoms with E-state index in [-0.39, 0.29) is 5.41 Å². The number of anilines is 1. The van der Waals surface area contributed by atoms with Crippen molar-refractivity contribution >= 4 is 5.69 Å². The van der Waals surface area contributed by atoms with Gasteiger partial charge in [-0.15, -0.1) is 0 Å². The smallest absolute Gasteiger partial charge is 0.0843 e. The minimum absolute atomic E-state index is 0.186. The van der Waals surface area contributed by atoms with Gasteiger partial charge in [0.25, 0.3) is 0 Å². The molecule has 1 aromatic rings. The molecule has 3 nitrogen and oxygen atoms in total. The molecule has 1 saturated heterocycles. The fourth-order valence-corrected chi connectivity index (χ4v) is 2.42. The molecule has 0 spiro atoms. The van der Waals surface area contributed by atoms with Gasteiger partial charge in [0.05, 0.1) is 5.60 Å². The van der Waals surface area contributed by atoms with Crippen molar-refractivity contribution in [2.45, 2.75) is 44.6 Å². The molecular weight excluding hydrogens is 236 g/mol. The SMILES string of the molecule is CC(C)(C)c1ccc(NCC2(O)CCNCC2)cc1. The maximum atomic E-state index is 10.4. The van der Waals surface area contributed by atoms with Crippen LogP contribution in [0, 0.1) is 0 Å². The fourth-order valence-electron chi connectivity index (χ4n) is 2.42. The summed E-state index contributed by atoms with van der Waals surface area (Å²) in [6.07, 6.45) is 1.64. The summed E-state index contributed by atoms with van der Waals surface area (Å²) in [6.45, 7) is 9.08. The van der Waals surface area contributed by atoms with Crippen LogP contribution in [0.5, 0.6) is 0 Å². The molecule has 1 aliphatic heterocycles. The van der Waals surface area contributed by atoms with E-state index in [0.29, 0.717) is 6.54 Å². The Morgan fingerprint density at radius 1 is 1.16 bits per heavy atom. The molecule has 0 saturated carbocycles. The Labute approximate surface area is 116 Å². The molecule has 1 fully saturated rings. The Balaban J connectivity index is 1.93. The lowest BCUT2D eigenvalue weighted by Gasteiger charge is -2.33. The number of aliphatic hydroxyl groups is 1. The van der Waals surface area contributed by atoms with Crippen molar-refractivity contribution in [2.75, 3.05) is 25.0 Å². The molecule has 0 bridgehead atoms. The summed E-state index contributed by atoms with van der Waals surface area (Å²) in [5.41, 5.74) is 2.04. The van der Waals surface area contributed by atoms with Crippen LogP contribution in [0.4, 0.5) is 5.69 Å². The molecule has 0 radical (unpaired) electrons. The summed E-state index contributed by atoms with van der Waals surface area (Å²) in [5.74, 6) is 0. The van der Waals surface area contributed by atoms with Gasteiger partial charge in [0, 0.05) is 12.2 Å². The zero-order valence-corrected chi connectivity index (χ0v) is 12.3. The Kier molecular flexibility index (Phi) is 4.16. The molecule has 19 heavy (non-hydrogen) atoms. The molecule has 1 aliphatic rings. The zero-order valence-electron chi connectivity index (χ0n) is 12.3. The number of hydrogen-bond donors (Lipinski definition) is 3. The summed E-state index contributed by atoms with van der Waals surface area (Å²) in [4.78, 5) is 0. The monoisotopic (exact) mass is 262 g/mol. The van der Waals surface area contributed by atoms with Crippen LogP contribution in [-0.4, -0.2) is 30.3 Å². The quantitative estimate of drug-likeness (QED) is 0.784. The highest BCUT2D eigenvalue weighted by Gasteiger charge is 2.28. The van der Waals surface area contributed by atoms with Crippen LogP contribution in [0.25, 0.3) is 0 Å². The first-order valence-electron chi connectivity index (χ1n) is 7.17. The minimum atomic E-state index is -0.562. The normalized spacial score (nSPS) is 19.2. The molecule has 0 aromatic heterocycles. The van der Waals surface area contributed by atoms with Gasteiger partial charge >= 0.3 is 0 Å². The van der Waals surface area contributed by atoms with Gasteiger partial charge in [-0.25, -0.2) is 0 Å². The molecule has 106 valence electrons. The summed E-state index contributed by atoms with van der Waals surface area (Å²) < 4.78 is 0. The van der Waals surface area contributed by atoms with Crippen molar-refractivity contribution in [3.63, 3.8) is 0 Å². The van der Waals surface area contributed by atoms with E-state index in [0.717, 1.165) is 31.6 Å². The lowest BCUT2D eigenvalue weighted by Crippen LogP contribution is -2.46. The van der Waals surface area contributed by atoms with Crippen molar-refractivity contribution in [1.82, 2.24) is 5.32 Å². The number of benzene rings is 1. The van der Waals surface area contributed by atoms with Crippen molar-refractivity contribution in [3.05, 3.63) is 29.8 Å². The number of nitrogens with one attached hydrogen (secondary N) is 2. The Bertz CT molecular complexity index is 400. The molecule has 3 N–H and O–H groups in total. The average molecular weight is 262 g/mol. The third kappa shape index (κ3) is 3.95. The van der Waals surface area contributed by atoms with Crippen LogP contribution in [-0.2, 0) is 5.41 Å². The second kappa shape index (κ2) is 5.51. The molecular formula is C16H26N2O. The van der Waals surface area contributed by atoms with Gasteiger partial charge in [-0.2, -0.15) is 0 Å². The second-order valence-electron chi connectivity index (χ2n) is 6.66. The largest absolute Gasteiger partial charge is 0.388 e. The molecule has 3 heteroatoms. The standard InChI is InChI=1S/C16H26N2O/c1-15(2,3)13-4-6-14(7-5-13)18-12-16(19)8-10-17-11-9-16/h4-7,17-19H,8-12H2,1-3H3. The summed E-state index contributed by atoms with van der Waals surface area (Å²) >= 11 is 0. The number of hydrogen-bond acceptors (Lipinski definition) is 3. The minimum Gasteiger partial charge on any atom is -0.388 e. The predicted molar refractivity (Wildman–Crippen MR) is 80.7 cm³/mol. The molecule has 0 aliphatic carbocycles. The first-order chi connectivity index (χ1) is 8.89. The van der Waals surface area contributed by atoms with Crippen LogP contribution in [0.15, 0.2) is 24.3 Å². The van der Waals surface area contributed by atoms with Crippen molar-refractivity contribution < 1.29 is 5.11 Å². The highest BCUT2D eigenvalue weighted by Crippen LogP contribution is 2.24. The van der Waals surface area contributed by atoms with Crippen LogP contribution < -0.4 is 10.6 Å². The van der Waals surface area contributed by atoms with Crippen molar-refractivity contribution in [3.8, 4) is 0 Å². The first kappa shape index (κ1) is 14.4. The van der Waals surface area contributed by atoms with E-state index in [1.807, 2.05) is 0 Å². The molecule has 0 amide bonds. The van der Waals surface area contributed by atoms with Crippen LogP contribution >= 0.6 is 0 Å². The van der Waals surface area contributed by atoms with Gasteiger partial charge in [-0.1, -0.05) is 32.9 Å². The fraction of sp³-hybridized carbons (Fsp3) is 0.625. The van der Waals surface area contributed by atoms with Gasteiger partial charge in [0.15, 0.2) is 0 Å². The van der Waals surface area contributed by atoms with E-state index in [9.17, 15) is 5.11 Å². The zero-order chi connectivity index (χ0) is 13.9. The highest BCUT2D eigenvalue weighted by molar-refractivity contribution is 5.46. The summed E-state index contributed by atoms with van der Waals surface area (Å²) in [5, 5.41) is 17.0. The van der Waals surface area contributed by atoms with Crippen molar-refractivity contribution in [2.24, 2.45) is 0 Å². The number of piperidine rings is 1. The number of rotatable bonds is 3. The van der Waals surface area contributed by atoms with Crippen molar-refractivity contribution in [1.29, 1.82) is 0 Å². The average Bonchev–Trinajstić information content (AvgIpc) is 2.37. The lowest BCUT2D eigenvalue weighted by molar-refractivity contribution is 0.0232. The third-order valence-corrected chi connectivity index (χ3v) is 3.91. The van der Waals surface area contributed by atoms with E-state index in [1.165, 1.54) is 5.56 Å². The molecule has 2 rings (SSSR count). The second-order valence-corrected chi connectivity index (χ2v) is 6.66. The molecule has 0 atom stereocenters. The van der Waals surface area contributed by atoms with Gasteiger partial charge < -0.3 is 15.7 Å². The van der Waals surface area contributed by atoms with E-state index < -0.39 is 5.60 Å². The molecule has 0 unspecified atom stereocenters. The molecule has 1 heterocycles. The Morgan fingerprint density at radius 2 is 1.74 bits per heavy atom. The van der Waals surface area contributed by atoms with Crippen LogP contribution in [0.1, 0.15) is 39.2 Å². The van der Waals surface area contributed by atoms with Crippen LogP contribution in [0.2, 0.25) is 0 Å². The third-order valence-electron chi connectivity index (χ3n) is 3.91. The highest BCUT2D eigenvalue weighted by atomic mass is 16.3. The maximum Gasteiger partial charge on any atom is 0.0843 e. The Morgan fingerprint density at radius 3 is 2.26 bits per heavy atom. The van der Waals surface area contributed by atoms with Crippen LogP contribution in [0.3, 0.4) is 0 Å². The van der Waals surface area contributed by atoms with Gasteiger partial charge in [0.1, 0.15) is 0 Å². The summed E-state index contributed by atoms with van der Waals surface area (Å²) in [7, 11) is 0. The van der Waals surface area contributed by atoms with E-state index in [4.69, 9.17) is 0 Å². The topological polar surface area (TPSA) is 44.3 Å². The molecule has 1 aromatic carbocycles. The van der Waals surface area contributed by atoms with Gasteiger partial charge in [-0.05, 0) is 49.0 Å². The predicted octanol–water partition coefficient (Wildman–Crippen LogP) is 2.51. The first-order valence-corrected chi connectivity index (χ1v) is 7.17. The summed E-state index contributed by atoms with van der Waals surface area (Å²) in [6, 6.07) is 8.53. The lowest BCUT2D eigenvalue weighted by atomic mass is 9.87. The maximum absolute atomic E-state index is 10.4. The van der Waals surface area contributed by atoms with E-state index in [1.54, 1.807) is 0 Å².